The van der Waals surface area contributed by atoms with E-state index < -0.39 is 24.4 Å². The third-order valence-electron chi connectivity index (χ3n) is 4.33. The zero-order valence-corrected chi connectivity index (χ0v) is 15.9. The number of para-hydroxylation sites is 3. The second kappa shape index (κ2) is 8.75. The van der Waals surface area contributed by atoms with E-state index in [1.807, 2.05) is 0 Å². The van der Waals surface area contributed by atoms with Gasteiger partial charge in [0.1, 0.15) is 5.75 Å². The molecule has 2 amide bonds. The number of carbonyl (C=O) groups is 3. The zero-order valence-electron chi connectivity index (χ0n) is 15.2. The molecule has 8 heteroatoms. The summed E-state index contributed by atoms with van der Waals surface area (Å²) in [5, 5.41) is 2.96. The normalized spacial score (nSPS) is 16.0. The molecule has 1 atom stereocenters. The molecule has 0 aliphatic carbocycles. The van der Waals surface area contributed by atoms with Crippen LogP contribution >= 0.6 is 11.6 Å². The maximum atomic E-state index is 12.3. The third kappa shape index (κ3) is 4.43. The molecule has 0 aromatic heterocycles. The second-order valence-corrected chi connectivity index (χ2v) is 6.62. The summed E-state index contributed by atoms with van der Waals surface area (Å²) in [5.41, 5.74) is 1.03. The van der Waals surface area contributed by atoms with Crippen LogP contribution in [0.3, 0.4) is 0 Å². The van der Waals surface area contributed by atoms with E-state index in [9.17, 15) is 14.4 Å². The van der Waals surface area contributed by atoms with Crippen LogP contribution < -0.4 is 15.0 Å². The van der Waals surface area contributed by atoms with E-state index in [-0.39, 0.29) is 18.9 Å². The largest absolute Gasteiger partial charge is 0.495 e. The van der Waals surface area contributed by atoms with Crippen molar-refractivity contribution in [3.8, 4) is 5.75 Å². The lowest BCUT2D eigenvalue weighted by atomic mass is 10.1. The Morgan fingerprint density at radius 3 is 2.64 bits per heavy atom. The molecular formula is C20H19ClN2O5. The summed E-state index contributed by atoms with van der Waals surface area (Å²) in [6.07, 6.45) is 0.0169. The van der Waals surface area contributed by atoms with Crippen molar-refractivity contribution in [2.45, 2.75) is 6.42 Å². The van der Waals surface area contributed by atoms with Gasteiger partial charge in [0.15, 0.2) is 6.61 Å². The number of rotatable bonds is 6. The number of benzene rings is 2. The minimum absolute atomic E-state index is 0.0169. The van der Waals surface area contributed by atoms with Crippen molar-refractivity contribution in [1.29, 1.82) is 0 Å². The SMILES string of the molecule is COc1ccccc1N1C[C@H](C(=O)OCC(=O)Nc2ccccc2Cl)CC1=O. The van der Waals surface area contributed by atoms with Crippen molar-refractivity contribution < 1.29 is 23.9 Å². The first-order valence-electron chi connectivity index (χ1n) is 8.64. The lowest BCUT2D eigenvalue weighted by Crippen LogP contribution is -2.28. The summed E-state index contributed by atoms with van der Waals surface area (Å²) in [7, 11) is 1.52. The monoisotopic (exact) mass is 402 g/mol. The quantitative estimate of drug-likeness (QED) is 0.751. The Balaban J connectivity index is 1.56. The van der Waals surface area contributed by atoms with E-state index in [1.165, 1.54) is 12.0 Å². The predicted molar refractivity (Wildman–Crippen MR) is 104 cm³/mol. The number of hydrogen-bond donors (Lipinski definition) is 1. The second-order valence-electron chi connectivity index (χ2n) is 6.21. The summed E-state index contributed by atoms with van der Waals surface area (Å²) in [6, 6.07) is 13.8. The maximum Gasteiger partial charge on any atom is 0.311 e. The van der Waals surface area contributed by atoms with E-state index >= 15 is 0 Å². The Labute approximate surface area is 167 Å². The highest BCUT2D eigenvalue weighted by Gasteiger charge is 2.37. The van der Waals surface area contributed by atoms with Gasteiger partial charge in [-0.2, -0.15) is 0 Å². The van der Waals surface area contributed by atoms with Gasteiger partial charge in [0, 0.05) is 13.0 Å². The molecule has 1 N–H and O–H groups in total. The van der Waals surface area contributed by atoms with Crippen LogP contribution in [0.2, 0.25) is 5.02 Å². The average molecular weight is 403 g/mol. The van der Waals surface area contributed by atoms with Crippen LogP contribution in [0.25, 0.3) is 0 Å². The van der Waals surface area contributed by atoms with Crippen LogP contribution in [0.4, 0.5) is 11.4 Å². The van der Waals surface area contributed by atoms with Gasteiger partial charge in [-0.15, -0.1) is 0 Å². The number of amides is 2. The van der Waals surface area contributed by atoms with Gasteiger partial charge in [-0.1, -0.05) is 35.9 Å². The molecule has 146 valence electrons. The van der Waals surface area contributed by atoms with Crippen molar-refractivity contribution in [2.24, 2.45) is 5.92 Å². The lowest BCUT2D eigenvalue weighted by molar-refractivity contribution is -0.151. The van der Waals surface area contributed by atoms with Crippen LogP contribution in [0.15, 0.2) is 48.5 Å². The lowest BCUT2D eigenvalue weighted by Gasteiger charge is -2.19. The van der Waals surface area contributed by atoms with Gasteiger partial charge in [0.2, 0.25) is 5.91 Å². The van der Waals surface area contributed by atoms with Gasteiger partial charge in [-0.05, 0) is 24.3 Å². The average Bonchev–Trinajstić information content (AvgIpc) is 3.09. The Morgan fingerprint density at radius 1 is 1.18 bits per heavy atom. The molecule has 1 aliphatic heterocycles. The number of ether oxygens (including phenoxy) is 2. The number of carbonyl (C=O) groups excluding carboxylic acids is 3. The van der Waals surface area contributed by atoms with Crippen LogP contribution in [0.1, 0.15) is 6.42 Å². The predicted octanol–water partition coefficient (Wildman–Crippen LogP) is 2.88. The zero-order chi connectivity index (χ0) is 20.1. The molecule has 0 bridgehead atoms. The Kier molecular flexibility index (Phi) is 6.16. The van der Waals surface area contributed by atoms with Crippen LogP contribution in [0, 0.1) is 5.92 Å². The van der Waals surface area contributed by atoms with Gasteiger partial charge >= 0.3 is 5.97 Å². The van der Waals surface area contributed by atoms with Gasteiger partial charge in [-0.25, -0.2) is 0 Å². The molecule has 1 fully saturated rings. The molecular weight excluding hydrogens is 384 g/mol. The molecule has 1 heterocycles. The van der Waals surface area contributed by atoms with Crippen molar-refractivity contribution in [3.63, 3.8) is 0 Å². The number of methoxy groups -OCH3 is 1. The molecule has 0 unspecified atom stereocenters. The number of nitrogens with zero attached hydrogens (tertiary/aromatic N) is 1. The van der Waals surface area contributed by atoms with E-state index in [0.29, 0.717) is 22.1 Å². The first-order chi connectivity index (χ1) is 13.5. The maximum absolute atomic E-state index is 12.3. The summed E-state index contributed by atoms with van der Waals surface area (Å²) in [4.78, 5) is 38.1. The van der Waals surface area contributed by atoms with Crippen LogP contribution in [0.5, 0.6) is 5.75 Å². The molecule has 2 aromatic rings. The highest BCUT2D eigenvalue weighted by atomic mass is 35.5. The van der Waals surface area contributed by atoms with E-state index in [0.717, 1.165) is 0 Å². The van der Waals surface area contributed by atoms with Crippen molar-refractivity contribution in [2.75, 3.05) is 30.5 Å². The van der Waals surface area contributed by atoms with Crippen molar-refractivity contribution in [1.82, 2.24) is 0 Å². The summed E-state index contributed by atoms with van der Waals surface area (Å²) >= 11 is 5.97. The highest BCUT2D eigenvalue weighted by molar-refractivity contribution is 6.33. The highest BCUT2D eigenvalue weighted by Crippen LogP contribution is 2.33. The van der Waals surface area contributed by atoms with Gasteiger partial charge in [-0.3, -0.25) is 14.4 Å². The number of anilines is 2. The number of halogens is 1. The molecule has 2 aromatic carbocycles. The third-order valence-corrected chi connectivity index (χ3v) is 4.66. The molecule has 1 aliphatic rings. The van der Waals surface area contributed by atoms with E-state index in [2.05, 4.69) is 5.32 Å². The van der Waals surface area contributed by atoms with Crippen LogP contribution in [-0.4, -0.2) is 38.0 Å². The Morgan fingerprint density at radius 2 is 1.89 bits per heavy atom. The van der Waals surface area contributed by atoms with Gasteiger partial charge in [0.25, 0.3) is 5.91 Å². The van der Waals surface area contributed by atoms with Gasteiger partial charge in [0.05, 0.1) is 29.4 Å². The minimum atomic E-state index is -0.648. The summed E-state index contributed by atoms with van der Waals surface area (Å²) in [5.74, 6) is -1.41. The topological polar surface area (TPSA) is 84.9 Å². The number of nitrogens with one attached hydrogen (secondary N) is 1. The van der Waals surface area contributed by atoms with E-state index in [4.69, 9.17) is 21.1 Å². The fourth-order valence-electron chi connectivity index (χ4n) is 2.95. The molecule has 0 spiro atoms. The molecule has 0 saturated carbocycles. The van der Waals surface area contributed by atoms with Crippen molar-refractivity contribution >= 4 is 40.8 Å². The molecule has 1 saturated heterocycles. The molecule has 3 rings (SSSR count). The summed E-state index contributed by atoms with van der Waals surface area (Å²) < 4.78 is 10.4. The number of esters is 1. The van der Waals surface area contributed by atoms with E-state index in [1.54, 1.807) is 48.5 Å². The standard InChI is InChI=1S/C20H19ClN2O5/c1-27-17-9-5-4-8-16(17)23-11-13(10-19(23)25)20(26)28-12-18(24)22-15-7-3-2-6-14(15)21/h2-9,13H,10-12H2,1H3,(H,22,24)/t13-/m1/s1. The fraction of sp³-hybridized carbons (Fsp3) is 0.250. The van der Waals surface area contributed by atoms with Crippen LogP contribution in [-0.2, 0) is 19.1 Å². The molecule has 28 heavy (non-hydrogen) atoms. The number of hydrogen-bond acceptors (Lipinski definition) is 5. The fourth-order valence-corrected chi connectivity index (χ4v) is 3.14. The minimum Gasteiger partial charge on any atom is -0.495 e. The molecule has 0 radical (unpaired) electrons. The molecule has 7 nitrogen and oxygen atoms in total. The summed E-state index contributed by atoms with van der Waals surface area (Å²) in [6.45, 7) is -0.284. The van der Waals surface area contributed by atoms with Crippen molar-refractivity contribution in [3.05, 3.63) is 53.6 Å². The first kappa shape index (κ1) is 19.7. The first-order valence-corrected chi connectivity index (χ1v) is 9.01. The van der Waals surface area contributed by atoms with Gasteiger partial charge < -0.3 is 19.7 Å². The smallest absolute Gasteiger partial charge is 0.311 e. The Hall–Kier alpha value is -3.06. The Bertz CT molecular complexity index is 902.